The zero-order valence-electron chi connectivity index (χ0n) is 21.1. The third-order valence-electron chi connectivity index (χ3n) is 6.38. The predicted octanol–water partition coefficient (Wildman–Crippen LogP) is 2.93. The average Bonchev–Trinajstić information content (AvgIpc) is 2.84. The van der Waals surface area contributed by atoms with E-state index in [0.717, 1.165) is 6.54 Å². The quantitative estimate of drug-likeness (QED) is 0.667. The van der Waals surface area contributed by atoms with Crippen molar-refractivity contribution in [1.29, 1.82) is 0 Å². The largest absolute Gasteiger partial charge is 0.497 e. The Morgan fingerprint density at radius 3 is 2.34 bits per heavy atom. The minimum atomic E-state index is -3.87. The van der Waals surface area contributed by atoms with Crippen molar-refractivity contribution >= 4 is 21.6 Å². The Morgan fingerprint density at radius 1 is 1.03 bits per heavy atom. The summed E-state index contributed by atoms with van der Waals surface area (Å²) in [6, 6.07) is 10.9. The van der Waals surface area contributed by atoms with E-state index in [1.807, 2.05) is 7.05 Å². The minimum Gasteiger partial charge on any atom is -0.497 e. The van der Waals surface area contributed by atoms with Crippen LogP contribution in [0.15, 0.2) is 47.4 Å². The number of methoxy groups -OCH3 is 2. The van der Waals surface area contributed by atoms with E-state index < -0.39 is 10.0 Å². The van der Waals surface area contributed by atoms with Crippen LogP contribution in [0.3, 0.4) is 0 Å². The van der Waals surface area contributed by atoms with Crippen LogP contribution in [0.4, 0.5) is 5.69 Å². The van der Waals surface area contributed by atoms with Gasteiger partial charge >= 0.3 is 0 Å². The van der Waals surface area contributed by atoms with Crippen LogP contribution in [0.5, 0.6) is 11.5 Å². The van der Waals surface area contributed by atoms with Crippen molar-refractivity contribution < 1.29 is 27.4 Å². The van der Waals surface area contributed by atoms with E-state index in [1.54, 1.807) is 43.3 Å². The minimum absolute atomic E-state index is 0.0829. The zero-order chi connectivity index (χ0) is 25.8. The van der Waals surface area contributed by atoms with Gasteiger partial charge in [-0.1, -0.05) is 6.92 Å². The molecule has 0 bridgehead atoms. The smallest absolute Gasteiger partial charge is 0.261 e. The summed E-state index contributed by atoms with van der Waals surface area (Å²) >= 11 is 0. The molecule has 0 radical (unpaired) electrons. The second-order valence-electron chi connectivity index (χ2n) is 9.03. The first kappa shape index (κ1) is 26.8. The summed E-state index contributed by atoms with van der Waals surface area (Å²) in [4.78, 5) is 17.3. The van der Waals surface area contributed by atoms with Crippen LogP contribution in [0.1, 0.15) is 24.2 Å². The van der Waals surface area contributed by atoms with E-state index in [2.05, 4.69) is 23.5 Å². The average molecular weight is 506 g/mol. The van der Waals surface area contributed by atoms with Gasteiger partial charge in [-0.2, -0.15) is 0 Å². The highest BCUT2D eigenvalue weighted by Gasteiger charge is 2.27. The number of amides is 1. The molecule has 35 heavy (non-hydrogen) atoms. The lowest BCUT2D eigenvalue weighted by Gasteiger charge is -2.34. The molecule has 1 amide bonds. The Kier molecular flexibility index (Phi) is 8.63. The third-order valence-corrected chi connectivity index (χ3v) is 7.78. The second kappa shape index (κ2) is 11.3. The molecule has 0 aromatic heterocycles. The van der Waals surface area contributed by atoms with Gasteiger partial charge in [-0.3, -0.25) is 14.4 Å². The van der Waals surface area contributed by atoms with Crippen molar-refractivity contribution in [1.82, 2.24) is 9.80 Å². The molecule has 0 unspecified atom stereocenters. The molecule has 1 N–H and O–H groups in total. The van der Waals surface area contributed by atoms with Gasteiger partial charge in [0.2, 0.25) is 0 Å². The number of anilines is 1. The zero-order valence-corrected chi connectivity index (χ0v) is 22.0. The summed E-state index contributed by atoms with van der Waals surface area (Å²) in [5.41, 5.74) is 0.541. The second-order valence-corrected chi connectivity index (χ2v) is 10.7. The number of hydrogen-bond donors (Lipinski definition) is 1. The first-order chi connectivity index (χ1) is 16.6. The van der Waals surface area contributed by atoms with E-state index >= 15 is 0 Å². The number of ether oxygens (including phenoxy) is 3. The van der Waals surface area contributed by atoms with Crippen LogP contribution >= 0.6 is 0 Å². The number of carbonyl (C=O) groups excluding carboxylic acids is 1. The van der Waals surface area contributed by atoms with Crippen LogP contribution in [0.25, 0.3) is 0 Å². The number of carbonyl (C=O) groups is 1. The van der Waals surface area contributed by atoms with E-state index in [4.69, 9.17) is 14.2 Å². The molecule has 0 spiro atoms. The summed E-state index contributed by atoms with van der Waals surface area (Å²) < 4.78 is 45.2. The highest BCUT2D eigenvalue weighted by atomic mass is 32.2. The summed E-state index contributed by atoms with van der Waals surface area (Å²) in [7, 11) is 3.04. The summed E-state index contributed by atoms with van der Waals surface area (Å²) in [6.45, 7) is 5.72. The lowest BCUT2D eigenvalue weighted by atomic mass is 10.0. The van der Waals surface area contributed by atoms with Gasteiger partial charge < -0.3 is 19.1 Å². The normalized spacial score (nSPS) is 22.4. The molecular weight excluding hydrogens is 470 g/mol. The number of rotatable bonds is 5. The topological polar surface area (TPSA) is 97.4 Å². The molecule has 1 aliphatic heterocycles. The van der Waals surface area contributed by atoms with Gasteiger partial charge in [0.1, 0.15) is 18.1 Å². The Labute approximate surface area is 208 Å². The SMILES string of the molecule is COc1ccc(S(=O)(=O)Nc2ccc3c(c2)C(=O)N(C)C[C@@H](OC)[C@H](C)CN(C)[C@H](C)CO3)cc1. The first-order valence-corrected chi connectivity index (χ1v) is 13.0. The molecule has 0 saturated carbocycles. The third kappa shape index (κ3) is 6.45. The Balaban J connectivity index is 1.94. The van der Waals surface area contributed by atoms with Crippen LogP contribution in [-0.2, 0) is 14.8 Å². The molecule has 0 saturated heterocycles. The van der Waals surface area contributed by atoms with Gasteiger partial charge in [-0.05, 0) is 62.4 Å². The van der Waals surface area contributed by atoms with Crippen LogP contribution in [0, 0.1) is 5.92 Å². The monoisotopic (exact) mass is 505 g/mol. The molecule has 0 aliphatic carbocycles. The van der Waals surface area contributed by atoms with E-state index in [-0.39, 0.29) is 40.1 Å². The molecule has 0 fully saturated rings. The van der Waals surface area contributed by atoms with E-state index in [0.29, 0.717) is 24.7 Å². The molecule has 2 aromatic carbocycles. The lowest BCUT2D eigenvalue weighted by molar-refractivity contribution is 0.0150. The number of likely N-dealkylation sites (N-methyl/N-ethyl adjacent to an activating group) is 2. The maximum absolute atomic E-state index is 13.4. The number of hydrogen-bond acceptors (Lipinski definition) is 7. The standard InChI is InChI=1S/C25H35N3O6S/c1-17-14-27(3)18(2)16-34-23-12-7-19(13-22(23)25(29)28(4)15-24(17)33-6)26-35(30,31)21-10-8-20(32-5)9-11-21/h7-13,17-18,24,26H,14-16H2,1-6H3/t17-,18-,24-/m1/s1. The Hall–Kier alpha value is -2.82. The molecular formula is C25H35N3O6S. The number of nitrogens with zero attached hydrogens (tertiary/aromatic N) is 2. The number of fused-ring (bicyclic) bond motifs is 1. The highest BCUT2D eigenvalue weighted by molar-refractivity contribution is 7.92. The van der Waals surface area contributed by atoms with E-state index in [9.17, 15) is 13.2 Å². The molecule has 2 aromatic rings. The summed E-state index contributed by atoms with van der Waals surface area (Å²) in [6.07, 6.45) is -0.154. The van der Waals surface area contributed by atoms with Crippen molar-refractivity contribution in [3.8, 4) is 11.5 Å². The van der Waals surface area contributed by atoms with Crippen molar-refractivity contribution in [3.63, 3.8) is 0 Å². The predicted molar refractivity (Wildman–Crippen MR) is 135 cm³/mol. The highest BCUT2D eigenvalue weighted by Crippen LogP contribution is 2.28. The van der Waals surface area contributed by atoms with Gasteiger partial charge in [0, 0.05) is 39.0 Å². The summed E-state index contributed by atoms with van der Waals surface area (Å²) in [5, 5.41) is 0. The maximum atomic E-state index is 13.4. The fourth-order valence-corrected chi connectivity index (χ4v) is 5.04. The fourth-order valence-electron chi connectivity index (χ4n) is 3.99. The summed E-state index contributed by atoms with van der Waals surface area (Å²) in [5.74, 6) is 0.862. The van der Waals surface area contributed by atoms with Crippen molar-refractivity contribution in [2.75, 3.05) is 52.7 Å². The number of nitrogens with one attached hydrogen (secondary N) is 1. The number of sulfonamides is 1. The Morgan fingerprint density at radius 2 is 1.71 bits per heavy atom. The van der Waals surface area contributed by atoms with Gasteiger partial charge in [-0.25, -0.2) is 8.42 Å². The van der Waals surface area contributed by atoms with E-state index in [1.165, 1.54) is 25.3 Å². The van der Waals surface area contributed by atoms with Crippen LogP contribution in [0.2, 0.25) is 0 Å². The Bertz CT molecular complexity index is 1120. The van der Waals surface area contributed by atoms with Crippen molar-refractivity contribution in [2.24, 2.45) is 5.92 Å². The molecule has 10 heteroatoms. The number of benzene rings is 2. The lowest BCUT2D eigenvalue weighted by Crippen LogP contribution is -2.45. The maximum Gasteiger partial charge on any atom is 0.261 e. The van der Waals surface area contributed by atoms with Crippen LogP contribution < -0.4 is 14.2 Å². The van der Waals surface area contributed by atoms with Gasteiger partial charge in [0.05, 0.1) is 23.7 Å². The molecule has 3 rings (SSSR count). The van der Waals surface area contributed by atoms with Crippen LogP contribution in [-0.4, -0.2) is 84.3 Å². The van der Waals surface area contributed by atoms with Gasteiger partial charge in [-0.15, -0.1) is 0 Å². The molecule has 9 nitrogen and oxygen atoms in total. The molecule has 1 heterocycles. The van der Waals surface area contributed by atoms with Crippen molar-refractivity contribution in [3.05, 3.63) is 48.0 Å². The fraction of sp³-hybridized carbons (Fsp3) is 0.480. The molecule has 192 valence electrons. The van der Waals surface area contributed by atoms with Gasteiger partial charge in [0.25, 0.3) is 15.9 Å². The molecule has 3 atom stereocenters. The van der Waals surface area contributed by atoms with Crippen molar-refractivity contribution in [2.45, 2.75) is 30.9 Å². The van der Waals surface area contributed by atoms with Gasteiger partial charge in [0.15, 0.2) is 0 Å². The first-order valence-electron chi connectivity index (χ1n) is 11.5. The molecule has 1 aliphatic rings.